The first-order valence-electron chi connectivity index (χ1n) is 13.1. The Morgan fingerprint density at radius 1 is 1.05 bits per heavy atom. The van der Waals surface area contributed by atoms with E-state index in [1.54, 1.807) is 29.4 Å². The highest BCUT2D eigenvalue weighted by Gasteiger charge is 2.35. The molecule has 3 atom stereocenters. The number of alkyl halides is 3. The van der Waals surface area contributed by atoms with E-state index in [1.165, 1.54) is 17.8 Å². The number of rotatable bonds is 7. The molecule has 2 aromatic carbocycles. The predicted octanol–water partition coefficient (Wildman–Crippen LogP) is 5.26. The third-order valence-electron chi connectivity index (χ3n) is 7.25. The van der Waals surface area contributed by atoms with Crippen molar-refractivity contribution in [2.45, 2.75) is 49.6 Å². The van der Waals surface area contributed by atoms with Crippen molar-refractivity contribution in [3.05, 3.63) is 58.1 Å². The van der Waals surface area contributed by atoms with E-state index in [-0.39, 0.29) is 34.6 Å². The average Bonchev–Trinajstić information content (AvgIpc) is 2.88. The molecule has 2 fully saturated rings. The molecule has 0 bridgehead atoms. The van der Waals surface area contributed by atoms with E-state index < -0.39 is 17.6 Å². The molecule has 0 spiro atoms. The van der Waals surface area contributed by atoms with E-state index in [0.717, 1.165) is 43.9 Å². The summed E-state index contributed by atoms with van der Waals surface area (Å²) < 4.78 is 46.6. The minimum absolute atomic E-state index is 0.0304. The Morgan fingerprint density at radius 2 is 1.74 bits per heavy atom. The lowest BCUT2D eigenvalue weighted by Gasteiger charge is -2.43. The molecule has 11 heteroatoms. The summed E-state index contributed by atoms with van der Waals surface area (Å²) in [6.07, 6.45) is -2.07. The van der Waals surface area contributed by atoms with Crippen molar-refractivity contribution in [2.75, 3.05) is 52.1 Å². The topological polar surface area (TPSA) is 56.3 Å². The van der Waals surface area contributed by atoms with Crippen molar-refractivity contribution < 1.29 is 27.8 Å². The number of halogens is 4. The summed E-state index contributed by atoms with van der Waals surface area (Å²) >= 11 is 7.16. The van der Waals surface area contributed by atoms with Crippen LogP contribution in [-0.4, -0.2) is 96.0 Å². The Labute approximate surface area is 237 Å². The minimum Gasteiger partial charge on any atom is -0.506 e. The second-order valence-corrected chi connectivity index (χ2v) is 11.7. The van der Waals surface area contributed by atoms with Crippen LogP contribution in [0.4, 0.5) is 13.2 Å². The van der Waals surface area contributed by atoms with Gasteiger partial charge in [0.2, 0.25) is 0 Å². The van der Waals surface area contributed by atoms with Gasteiger partial charge in [-0.25, -0.2) is 0 Å². The summed E-state index contributed by atoms with van der Waals surface area (Å²) in [4.78, 5) is 20.4. The van der Waals surface area contributed by atoms with Gasteiger partial charge in [0.05, 0.1) is 22.8 Å². The van der Waals surface area contributed by atoms with Gasteiger partial charge in [-0.3, -0.25) is 14.6 Å². The maximum atomic E-state index is 13.7. The number of hydrogen-bond acceptors (Lipinski definition) is 6. The van der Waals surface area contributed by atoms with E-state index >= 15 is 0 Å². The summed E-state index contributed by atoms with van der Waals surface area (Å²) in [7, 11) is 0. The van der Waals surface area contributed by atoms with Crippen LogP contribution < -0.4 is 0 Å². The van der Waals surface area contributed by atoms with Crippen LogP contribution >= 0.6 is 23.4 Å². The van der Waals surface area contributed by atoms with Gasteiger partial charge in [0, 0.05) is 62.3 Å². The Hall–Kier alpha value is -1.98. The van der Waals surface area contributed by atoms with Crippen LogP contribution in [0.15, 0.2) is 41.3 Å². The molecular formula is C28H35ClF3N3O3S. The number of carbonyl (C=O) groups excluding carboxylic acids is 1. The number of nitrogens with zero attached hydrogens (tertiary/aromatic N) is 3. The second kappa shape index (κ2) is 12.7. The summed E-state index contributed by atoms with van der Waals surface area (Å²) in [5.74, 6) is -0.465. The number of carbonyl (C=O) groups is 1. The fourth-order valence-electron chi connectivity index (χ4n) is 5.44. The predicted molar refractivity (Wildman–Crippen MR) is 148 cm³/mol. The van der Waals surface area contributed by atoms with Crippen LogP contribution in [-0.2, 0) is 17.3 Å². The van der Waals surface area contributed by atoms with Crippen LogP contribution in [0.5, 0.6) is 5.75 Å². The van der Waals surface area contributed by atoms with Crippen LogP contribution in [0.2, 0.25) is 5.02 Å². The lowest BCUT2D eigenvalue weighted by molar-refractivity contribution is -0.137. The molecule has 2 unspecified atom stereocenters. The highest BCUT2D eigenvalue weighted by molar-refractivity contribution is 7.98. The molecule has 0 radical (unpaired) electrons. The number of aromatic hydroxyl groups is 1. The smallest absolute Gasteiger partial charge is 0.416 e. The van der Waals surface area contributed by atoms with Gasteiger partial charge in [-0.2, -0.15) is 13.2 Å². The zero-order valence-electron chi connectivity index (χ0n) is 22.4. The molecule has 1 amide bonds. The van der Waals surface area contributed by atoms with Crippen LogP contribution in [0.1, 0.15) is 35.3 Å². The Morgan fingerprint density at radius 3 is 2.38 bits per heavy atom. The number of phenolic OH excluding ortho intramolecular Hbond substituents is 1. The lowest BCUT2D eigenvalue weighted by Crippen LogP contribution is -2.57. The van der Waals surface area contributed by atoms with E-state index in [4.69, 9.17) is 16.3 Å². The molecule has 2 saturated heterocycles. The van der Waals surface area contributed by atoms with Crippen molar-refractivity contribution >= 4 is 29.3 Å². The summed E-state index contributed by atoms with van der Waals surface area (Å²) in [6, 6.07) is 8.24. The van der Waals surface area contributed by atoms with Gasteiger partial charge in [-0.05, 0) is 62.4 Å². The Bertz CT molecular complexity index is 1160. The number of thioether (sulfide) groups is 1. The van der Waals surface area contributed by atoms with Gasteiger partial charge in [0.25, 0.3) is 5.91 Å². The van der Waals surface area contributed by atoms with Gasteiger partial charge < -0.3 is 14.7 Å². The maximum absolute atomic E-state index is 13.7. The van der Waals surface area contributed by atoms with E-state index in [9.17, 15) is 23.1 Å². The van der Waals surface area contributed by atoms with E-state index in [0.29, 0.717) is 31.0 Å². The third kappa shape index (κ3) is 7.82. The minimum atomic E-state index is -4.55. The molecule has 2 aromatic rings. The van der Waals surface area contributed by atoms with Crippen molar-refractivity contribution in [3.63, 3.8) is 0 Å². The highest BCUT2D eigenvalue weighted by atomic mass is 35.5. The van der Waals surface area contributed by atoms with Gasteiger partial charge in [-0.1, -0.05) is 17.7 Å². The number of morpholine rings is 1. The molecule has 2 aliphatic rings. The summed E-state index contributed by atoms with van der Waals surface area (Å²) in [5.41, 5.74) is -0.00132. The van der Waals surface area contributed by atoms with E-state index in [2.05, 4.69) is 23.6 Å². The van der Waals surface area contributed by atoms with Crippen LogP contribution in [0.25, 0.3) is 0 Å². The quantitative estimate of drug-likeness (QED) is 0.447. The molecule has 6 nitrogen and oxygen atoms in total. The van der Waals surface area contributed by atoms with Crippen LogP contribution in [0, 0.1) is 0 Å². The number of hydrogen-bond donors (Lipinski definition) is 1. The van der Waals surface area contributed by atoms with Gasteiger partial charge in [0.1, 0.15) is 5.75 Å². The summed E-state index contributed by atoms with van der Waals surface area (Å²) in [5, 5.41) is 10.4. The molecule has 0 aromatic heterocycles. The molecular weight excluding hydrogens is 551 g/mol. The fourth-order valence-corrected chi connectivity index (χ4v) is 6.05. The van der Waals surface area contributed by atoms with Crippen LogP contribution in [0.3, 0.4) is 0 Å². The van der Waals surface area contributed by atoms with Crippen molar-refractivity contribution in [3.8, 4) is 5.75 Å². The van der Waals surface area contributed by atoms with Gasteiger partial charge >= 0.3 is 6.18 Å². The highest BCUT2D eigenvalue weighted by Crippen LogP contribution is 2.33. The van der Waals surface area contributed by atoms with Crippen molar-refractivity contribution in [2.24, 2.45) is 0 Å². The SMILES string of the molecule is CSc1cc(C(=O)N2CCN(CCN3CC(C)OC(C)C3)C[C@H]2Cc2ccc(Cl)c(O)c2)cc(C(F)(F)F)c1. The average molecular weight is 586 g/mol. The van der Waals surface area contributed by atoms with Crippen molar-refractivity contribution in [1.29, 1.82) is 0 Å². The lowest BCUT2D eigenvalue weighted by atomic mass is 10.00. The molecule has 1 N–H and O–H groups in total. The number of piperazine rings is 1. The molecule has 39 heavy (non-hydrogen) atoms. The normalized spacial score (nSPS) is 23.3. The molecule has 2 aliphatic heterocycles. The molecule has 0 saturated carbocycles. The summed E-state index contributed by atoms with van der Waals surface area (Å²) in [6.45, 7) is 9.13. The number of benzene rings is 2. The standard InChI is InChI=1S/C28H35ClF3N3O3S/c1-18-15-34(16-19(2)38-18)7-6-33-8-9-35(23(17-33)10-20-4-5-25(29)26(36)11-20)27(37)21-12-22(28(30,31)32)14-24(13-21)39-3/h4-5,11-14,18-19,23,36H,6-10,15-17H2,1-3H3/t18?,19?,23-/m1/s1. The molecule has 214 valence electrons. The van der Waals surface area contributed by atoms with E-state index in [1.807, 2.05) is 0 Å². The fraction of sp³-hybridized carbons (Fsp3) is 0.536. The number of amides is 1. The van der Waals surface area contributed by atoms with Crippen molar-refractivity contribution in [1.82, 2.24) is 14.7 Å². The van der Waals surface area contributed by atoms with Gasteiger partial charge in [-0.15, -0.1) is 11.8 Å². The molecule has 2 heterocycles. The van der Waals surface area contributed by atoms with Gasteiger partial charge in [0.15, 0.2) is 0 Å². The largest absolute Gasteiger partial charge is 0.506 e. The molecule has 4 rings (SSSR count). The monoisotopic (exact) mass is 585 g/mol. The first-order chi connectivity index (χ1) is 18.4. The maximum Gasteiger partial charge on any atom is 0.416 e. The first kappa shape index (κ1) is 30.0. The first-order valence-corrected chi connectivity index (χ1v) is 14.7. The Balaban J connectivity index is 1.54. The zero-order chi connectivity index (χ0) is 28.3. The number of phenols is 1. The molecule has 0 aliphatic carbocycles. The third-order valence-corrected chi connectivity index (χ3v) is 8.28. The zero-order valence-corrected chi connectivity index (χ0v) is 24.0. The Kier molecular flexibility index (Phi) is 9.75. The second-order valence-electron chi connectivity index (χ2n) is 10.4. The number of ether oxygens (including phenoxy) is 1.